The molecule has 3 nitrogen and oxygen atoms in total. The Morgan fingerprint density at radius 2 is 1.87 bits per heavy atom. The number of aliphatic hydroxyl groups excluding tert-OH is 1. The average Bonchev–Trinajstić information content (AvgIpc) is 2.16. The van der Waals surface area contributed by atoms with Crippen molar-refractivity contribution in [2.45, 2.75) is 44.8 Å². The molecule has 1 N–H and O–H groups in total. The van der Waals surface area contributed by atoms with Crippen molar-refractivity contribution < 1.29 is 9.84 Å². The van der Waals surface area contributed by atoms with Crippen molar-refractivity contribution in [1.82, 2.24) is 4.90 Å². The summed E-state index contributed by atoms with van der Waals surface area (Å²) in [4.78, 5) is 1.98. The normalized spacial score (nSPS) is 29.4. The molecule has 1 fully saturated rings. The second-order valence-electron chi connectivity index (χ2n) is 5.13. The molecule has 1 saturated carbocycles. The van der Waals surface area contributed by atoms with E-state index in [0.717, 1.165) is 18.8 Å². The third kappa shape index (κ3) is 5.50. The van der Waals surface area contributed by atoms with Crippen molar-refractivity contribution in [1.29, 1.82) is 0 Å². The Balaban J connectivity index is 2.09. The van der Waals surface area contributed by atoms with Crippen LogP contribution in [0.3, 0.4) is 0 Å². The number of hydrogen-bond acceptors (Lipinski definition) is 3. The standard InChI is InChI=1S/C12H25NO2/c1-10-4-6-12(7-5-10)15-9-11(14)8-13(2)3/h10-12,14H,4-9H2,1-3H3/t10?,11-,12?/m0/s1. The summed E-state index contributed by atoms with van der Waals surface area (Å²) in [6, 6.07) is 0. The van der Waals surface area contributed by atoms with Gasteiger partial charge < -0.3 is 14.7 Å². The molecule has 0 bridgehead atoms. The lowest BCUT2D eigenvalue weighted by Gasteiger charge is -2.27. The monoisotopic (exact) mass is 215 g/mol. The first kappa shape index (κ1) is 12.9. The molecule has 0 aromatic carbocycles. The minimum atomic E-state index is -0.348. The lowest BCUT2D eigenvalue weighted by Crippen LogP contribution is -2.32. The Morgan fingerprint density at radius 1 is 1.27 bits per heavy atom. The second kappa shape index (κ2) is 6.46. The molecular weight excluding hydrogens is 190 g/mol. The molecule has 90 valence electrons. The van der Waals surface area contributed by atoms with E-state index in [2.05, 4.69) is 6.92 Å². The molecule has 3 heteroatoms. The second-order valence-corrected chi connectivity index (χ2v) is 5.13. The van der Waals surface area contributed by atoms with Gasteiger partial charge in [0.2, 0.25) is 0 Å². The summed E-state index contributed by atoms with van der Waals surface area (Å²) in [6.45, 7) is 3.47. The average molecular weight is 215 g/mol. The Labute approximate surface area is 93.4 Å². The maximum atomic E-state index is 9.64. The molecule has 0 saturated heterocycles. The maximum Gasteiger partial charge on any atom is 0.0900 e. The van der Waals surface area contributed by atoms with Gasteiger partial charge in [0, 0.05) is 6.54 Å². The minimum absolute atomic E-state index is 0.348. The highest BCUT2D eigenvalue weighted by Crippen LogP contribution is 2.25. The summed E-state index contributed by atoms with van der Waals surface area (Å²) in [7, 11) is 3.93. The van der Waals surface area contributed by atoms with Gasteiger partial charge in [-0.25, -0.2) is 0 Å². The van der Waals surface area contributed by atoms with Crippen LogP contribution in [-0.4, -0.2) is 49.5 Å². The summed E-state index contributed by atoms with van der Waals surface area (Å²) in [6.07, 6.45) is 4.91. The van der Waals surface area contributed by atoms with Crippen LogP contribution < -0.4 is 0 Å². The van der Waals surface area contributed by atoms with Gasteiger partial charge in [-0.05, 0) is 45.7 Å². The van der Waals surface area contributed by atoms with Crippen LogP contribution in [0.1, 0.15) is 32.6 Å². The predicted octanol–water partition coefficient (Wildman–Crippen LogP) is 1.50. The van der Waals surface area contributed by atoms with Gasteiger partial charge >= 0.3 is 0 Å². The zero-order valence-electron chi connectivity index (χ0n) is 10.3. The number of rotatable bonds is 5. The zero-order valence-corrected chi connectivity index (χ0v) is 10.3. The first-order valence-corrected chi connectivity index (χ1v) is 6.02. The number of aliphatic hydroxyl groups is 1. The summed E-state index contributed by atoms with van der Waals surface area (Å²) in [5.41, 5.74) is 0. The first-order valence-electron chi connectivity index (χ1n) is 6.02. The smallest absolute Gasteiger partial charge is 0.0900 e. The van der Waals surface area contributed by atoms with Gasteiger partial charge in [-0.15, -0.1) is 0 Å². The van der Waals surface area contributed by atoms with E-state index < -0.39 is 0 Å². The maximum absolute atomic E-state index is 9.64. The fraction of sp³-hybridized carbons (Fsp3) is 1.00. The Bertz CT molecular complexity index is 165. The highest BCUT2D eigenvalue weighted by Gasteiger charge is 2.19. The van der Waals surface area contributed by atoms with E-state index in [-0.39, 0.29) is 6.10 Å². The van der Waals surface area contributed by atoms with E-state index in [9.17, 15) is 5.11 Å². The highest BCUT2D eigenvalue weighted by molar-refractivity contribution is 4.70. The summed E-state index contributed by atoms with van der Waals surface area (Å²) >= 11 is 0. The van der Waals surface area contributed by atoms with E-state index in [1.165, 1.54) is 12.8 Å². The molecule has 15 heavy (non-hydrogen) atoms. The number of likely N-dealkylation sites (N-methyl/N-ethyl adjacent to an activating group) is 1. The lowest BCUT2D eigenvalue weighted by atomic mass is 9.89. The molecule has 1 atom stereocenters. The number of hydrogen-bond donors (Lipinski definition) is 1. The highest BCUT2D eigenvalue weighted by atomic mass is 16.5. The largest absolute Gasteiger partial charge is 0.389 e. The lowest BCUT2D eigenvalue weighted by molar-refractivity contribution is -0.0341. The van der Waals surface area contributed by atoms with Crippen molar-refractivity contribution in [3.63, 3.8) is 0 Å². The van der Waals surface area contributed by atoms with Crippen LogP contribution in [0.15, 0.2) is 0 Å². The zero-order chi connectivity index (χ0) is 11.3. The quantitative estimate of drug-likeness (QED) is 0.754. The van der Waals surface area contributed by atoms with Crippen molar-refractivity contribution >= 4 is 0 Å². The van der Waals surface area contributed by atoms with Crippen molar-refractivity contribution in [3.8, 4) is 0 Å². The van der Waals surface area contributed by atoms with Crippen LogP contribution in [0.25, 0.3) is 0 Å². The van der Waals surface area contributed by atoms with Crippen LogP contribution in [0.5, 0.6) is 0 Å². The molecule has 1 aliphatic carbocycles. The number of ether oxygens (including phenoxy) is 1. The Morgan fingerprint density at radius 3 is 2.40 bits per heavy atom. The van der Waals surface area contributed by atoms with Gasteiger partial charge in [-0.1, -0.05) is 6.92 Å². The third-order valence-corrected chi connectivity index (χ3v) is 3.06. The van der Waals surface area contributed by atoms with E-state index in [4.69, 9.17) is 4.74 Å². The molecule has 0 aromatic heterocycles. The molecule has 0 spiro atoms. The minimum Gasteiger partial charge on any atom is -0.389 e. The molecular formula is C12H25NO2. The van der Waals surface area contributed by atoms with Crippen LogP contribution in [0.2, 0.25) is 0 Å². The first-order chi connectivity index (χ1) is 7.08. The van der Waals surface area contributed by atoms with Crippen molar-refractivity contribution in [2.75, 3.05) is 27.2 Å². The van der Waals surface area contributed by atoms with Crippen molar-refractivity contribution in [2.24, 2.45) is 5.92 Å². The van der Waals surface area contributed by atoms with Gasteiger partial charge in [0.05, 0.1) is 18.8 Å². The Kier molecular flexibility index (Phi) is 5.58. The predicted molar refractivity (Wildman–Crippen MR) is 61.9 cm³/mol. The van der Waals surface area contributed by atoms with Gasteiger partial charge in [0.1, 0.15) is 0 Å². The molecule has 0 aliphatic heterocycles. The fourth-order valence-corrected chi connectivity index (χ4v) is 2.12. The van der Waals surface area contributed by atoms with Gasteiger partial charge in [0.15, 0.2) is 0 Å². The summed E-state index contributed by atoms with van der Waals surface area (Å²) in [5.74, 6) is 0.858. The number of nitrogens with zero attached hydrogens (tertiary/aromatic N) is 1. The van der Waals surface area contributed by atoms with Crippen LogP contribution >= 0.6 is 0 Å². The van der Waals surface area contributed by atoms with Gasteiger partial charge in [-0.2, -0.15) is 0 Å². The van der Waals surface area contributed by atoms with Gasteiger partial charge in [0.25, 0.3) is 0 Å². The Hall–Kier alpha value is -0.120. The summed E-state index contributed by atoms with van der Waals surface area (Å²) < 4.78 is 5.72. The molecule has 0 radical (unpaired) electrons. The molecule has 1 aliphatic rings. The van der Waals surface area contributed by atoms with Crippen LogP contribution in [-0.2, 0) is 4.74 Å². The molecule has 0 aromatic rings. The van der Waals surface area contributed by atoms with E-state index in [0.29, 0.717) is 19.3 Å². The van der Waals surface area contributed by atoms with E-state index in [1.54, 1.807) is 0 Å². The molecule has 0 unspecified atom stereocenters. The molecule has 0 heterocycles. The SMILES string of the molecule is CC1CCC(OC[C@@H](O)CN(C)C)CC1. The van der Waals surface area contributed by atoms with Crippen molar-refractivity contribution in [3.05, 3.63) is 0 Å². The van der Waals surface area contributed by atoms with Crippen LogP contribution in [0.4, 0.5) is 0 Å². The molecule has 1 rings (SSSR count). The van der Waals surface area contributed by atoms with Crippen LogP contribution in [0, 0.1) is 5.92 Å². The van der Waals surface area contributed by atoms with E-state index >= 15 is 0 Å². The topological polar surface area (TPSA) is 32.7 Å². The summed E-state index contributed by atoms with van der Waals surface area (Å²) in [5, 5.41) is 9.64. The fourth-order valence-electron chi connectivity index (χ4n) is 2.12. The van der Waals surface area contributed by atoms with E-state index in [1.807, 2.05) is 19.0 Å². The van der Waals surface area contributed by atoms with Gasteiger partial charge in [-0.3, -0.25) is 0 Å². The third-order valence-electron chi connectivity index (χ3n) is 3.06. The molecule has 0 amide bonds.